The number of amides is 3. The van der Waals surface area contributed by atoms with Gasteiger partial charge in [0.1, 0.15) is 0 Å². The van der Waals surface area contributed by atoms with Crippen molar-refractivity contribution in [2.75, 3.05) is 17.2 Å². The Kier molecular flexibility index (Phi) is 7.37. The zero-order valence-corrected chi connectivity index (χ0v) is 17.3. The van der Waals surface area contributed by atoms with Crippen molar-refractivity contribution in [3.8, 4) is 0 Å². The van der Waals surface area contributed by atoms with Crippen molar-refractivity contribution in [2.45, 2.75) is 38.6 Å². The first-order valence-corrected chi connectivity index (χ1v) is 10.2. The molecule has 162 valence electrons. The summed E-state index contributed by atoms with van der Waals surface area (Å²) in [5, 5.41) is 8.20. The van der Waals surface area contributed by atoms with E-state index in [0.717, 1.165) is 25.7 Å². The third-order valence-electron chi connectivity index (χ3n) is 4.89. The van der Waals surface area contributed by atoms with Crippen LogP contribution in [0.1, 0.15) is 53.3 Å². The predicted octanol–water partition coefficient (Wildman–Crippen LogP) is 3.11. The minimum Gasteiger partial charge on any atom is -0.452 e. The molecule has 3 N–H and O–H groups in total. The first-order valence-electron chi connectivity index (χ1n) is 10.2. The molecule has 0 spiro atoms. The van der Waals surface area contributed by atoms with E-state index in [1.807, 2.05) is 0 Å². The highest BCUT2D eigenvalue weighted by Crippen LogP contribution is 2.20. The van der Waals surface area contributed by atoms with Crippen LogP contribution in [0.25, 0.3) is 0 Å². The summed E-state index contributed by atoms with van der Waals surface area (Å²) in [5.41, 5.74) is 1.37. The molecule has 31 heavy (non-hydrogen) atoms. The summed E-state index contributed by atoms with van der Waals surface area (Å²) in [4.78, 5) is 48.3. The molecule has 0 saturated heterocycles. The Morgan fingerprint density at radius 1 is 0.968 bits per heavy atom. The van der Waals surface area contributed by atoms with E-state index in [1.165, 1.54) is 19.1 Å². The molecule has 0 radical (unpaired) electrons. The van der Waals surface area contributed by atoms with Crippen molar-refractivity contribution in [2.24, 2.45) is 0 Å². The summed E-state index contributed by atoms with van der Waals surface area (Å²) in [6, 6.07) is 13.1. The van der Waals surface area contributed by atoms with Crippen LogP contribution >= 0.6 is 0 Å². The smallest absolute Gasteiger partial charge is 0.338 e. The van der Waals surface area contributed by atoms with Crippen molar-refractivity contribution in [3.63, 3.8) is 0 Å². The fraction of sp³-hybridized carbons (Fsp3) is 0.304. The number of hydrogen-bond donors (Lipinski definition) is 3. The molecule has 3 amide bonds. The van der Waals surface area contributed by atoms with Crippen LogP contribution in [0.3, 0.4) is 0 Å². The van der Waals surface area contributed by atoms with Gasteiger partial charge < -0.3 is 20.7 Å². The second-order valence-electron chi connectivity index (χ2n) is 7.39. The Morgan fingerprint density at radius 3 is 2.45 bits per heavy atom. The van der Waals surface area contributed by atoms with Crippen LogP contribution in [-0.2, 0) is 14.3 Å². The van der Waals surface area contributed by atoms with Crippen LogP contribution in [0.2, 0.25) is 0 Å². The van der Waals surface area contributed by atoms with Gasteiger partial charge in [-0.15, -0.1) is 0 Å². The van der Waals surface area contributed by atoms with Gasteiger partial charge in [-0.05, 0) is 43.2 Å². The molecule has 0 atom stereocenters. The van der Waals surface area contributed by atoms with Gasteiger partial charge in [0.15, 0.2) is 6.61 Å². The molecular formula is C23H25N3O5. The van der Waals surface area contributed by atoms with E-state index >= 15 is 0 Å². The quantitative estimate of drug-likeness (QED) is 0.592. The van der Waals surface area contributed by atoms with Crippen molar-refractivity contribution in [3.05, 3.63) is 59.7 Å². The topological polar surface area (TPSA) is 114 Å². The lowest BCUT2D eigenvalue weighted by Gasteiger charge is -2.15. The second-order valence-corrected chi connectivity index (χ2v) is 7.39. The Balaban J connectivity index is 1.57. The van der Waals surface area contributed by atoms with Gasteiger partial charge in [-0.25, -0.2) is 4.79 Å². The molecule has 1 saturated carbocycles. The van der Waals surface area contributed by atoms with Gasteiger partial charge in [0.25, 0.3) is 11.8 Å². The highest BCUT2D eigenvalue weighted by Gasteiger charge is 2.20. The average molecular weight is 423 g/mol. The number of nitrogens with one attached hydrogen (secondary N) is 3. The number of hydrogen-bond acceptors (Lipinski definition) is 5. The van der Waals surface area contributed by atoms with E-state index in [0.29, 0.717) is 16.9 Å². The number of benzene rings is 2. The Bertz CT molecular complexity index is 983. The summed E-state index contributed by atoms with van der Waals surface area (Å²) in [7, 11) is 0. The van der Waals surface area contributed by atoms with Gasteiger partial charge in [-0.1, -0.05) is 31.0 Å². The first-order chi connectivity index (χ1) is 14.9. The molecule has 1 aliphatic carbocycles. The predicted molar refractivity (Wildman–Crippen MR) is 116 cm³/mol. The molecule has 1 aliphatic rings. The maximum absolute atomic E-state index is 12.6. The number of carbonyl (C=O) groups is 4. The molecular weight excluding hydrogens is 398 g/mol. The fourth-order valence-electron chi connectivity index (χ4n) is 3.45. The van der Waals surface area contributed by atoms with Crippen LogP contribution in [0.15, 0.2) is 48.5 Å². The lowest BCUT2D eigenvalue weighted by Crippen LogP contribution is -2.33. The van der Waals surface area contributed by atoms with Crippen molar-refractivity contribution in [1.82, 2.24) is 5.32 Å². The number of carbonyl (C=O) groups excluding carboxylic acids is 4. The normalized spacial score (nSPS) is 13.3. The Morgan fingerprint density at radius 2 is 1.71 bits per heavy atom. The van der Waals surface area contributed by atoms with E-state index in [4.69, 9.17) is 4.74 Å². The van der Waals surface area contributed by atoms with Crippen LogP contribution in [0, 0.1) is 0 Å². The standard InChI is InChI=1S/C23H25N3O5/c1-15(27)24-18-10-6-7-16(13-18)23(30)31-14-21(28)26-20-12-5-4-11-19(20)22(29)25-17-8-2-3-9-17/h4-7,10-13,17H,2-3,8-9,14H2,1H3,(H,24,27)(H,25,29)(H,26,28). The summed E-state index contributed by atoms with van der Waals surface area (Å²) >= 11 is 0. The van der Waals surface area contributed by atoms with E-state index in [1.54, 1.807) is 36.4 Å². The van der Waals surface area contributed by atoms with E-state index in [-0.39, 0.29) is 23.4 Å². The van der Waals surface area contributed by atoms with Gasteiger partial charge >= 0.3 is 5.97 Å². The summed E-state index contributed by atoms with van der Waals surface area (Å²) in [5.74, 6) is -1.77. The summed E-state index contributed by atoms with van der Waals surface area (Å²) in [6.07, 6.45) is 4.11. The maximum Gasteiger partial charge on any atom is 0.338 e. The van der Waals surface area contributed by atoms with Gasteiger partial charge in [0, 0.05) is 18.7 Å². The molecule has 2 aromatic rings. The molecule has 1 fully saturated rings. The SMILES string of the molecule is CC(=O)Nc1cccc(C(=O)OCC(=O)Nc2ccccc2C(=O)NC2CCCC2)c1. The monoisotopic (exact) mass is 423 g/mol. The van der Waals surface area contributed by atoms with Crippen LogP contribution in [0.4, 0.5) is 11.4 Å². The summed E-state index contributed by atoms with van der Waals surface area (Å²) < 4.78 is 5.07. The molecule has 0 heterocycles. The molecule has 8 heteroatoms. The fourth-order valence-corrected chi connectivity index (χ4v) is 3.45. The largest absolute Gasteiger partial charge is 0.452 e. The van der Waals surface area contributed by atoms with Gasteiger partial charge in [0.05, 0.1) is 16.8 Å². The molecule has 0 bridgehead atoms. The number of para-hydroxylation sites is 1. The molecule has 2 aromatic carbocycles. The van der Waals surface area contributed by atoms with Gasteiger partial charge in [-0.2, -0.15) is 0 Å². The highest BCUT2D eigenvalue weighted by atomic mass is 16.5. The molecule has 0 aromatic heterocycles. The van der Waals surface area contributed by atoms with Crippen LogP contribution < -0.4 is 16.0 Å². The van der Waals surface area contributed by atoms with E-state index < -0.39 is 18.5 Å². The van der Waals surface area contributed by atoms with Crippen LogP contribution in [0.5, 0.6) is 0 Å². The number of anilines is 2. The zero-order chi connectivity index (χ0) is 22.2. The minimum atomic E-state index is -0.699. The molecule has 0 aliphatic heterocycles. The molecule has 8 nitrogen and oxygen atoms in total. The van der Waals surface area contributed by atoms with E-state index in [9.17, 15) is 19.2 Å². The number of rotatable bonds is 7. The second kappa shape index (κ2) is 10.4. The Labute approximate surface area is 180 Å². The maximum atomic E-state index is 12.6. The lowest BCUT2D eigenvalue weighted by atomic mass is 10.1. The molecule has 3 rings (SSSR count). The van der Waals surface area contributed by atoms with Gasteiger partial charge in [0.2, 0.25) is 5.91 Å². The van der Waals surface area contributed by atoms with Crippen LogP contribution in [-0.4, -0.2) is 36.3 Å². The third kappa shape index (κ3) is 6.40. The first kappa shape index (κ1) is 22.0. The molecule has 0 unspecified atom stereocenters. The highest BCUT2D eigenvalue weighted by molar-refractivity contribution is 6.04. The van der Waals surface area contributed by atoms with Crippen molar-refractivity contribution in [1.29, 1.82) is 0 Å². The zero-order valence-electron chi connectivity index (χ0n) is 17.3. The van der Waals surface area contributed by atoms with Gasteiger partial charge in [-0.3, -0.25) is 14.4 Å². The number of esters is 1. The van der Waals surface area contributed by atoms with E-state index in [2.05, 4.69) is 16.0 Å². The summed E-state index contributed by atoms with van der Waals surface area (Å²) in [6.45, 7) is 0.850. The number of ether oxygens (including phenoxy) is 1. The Hall–Kier alpha value is -3.68. The average Bonchev–Trinajstić information content (AvgIpc) is 3.25. The van der Waals surface area contributed by atoms with Crippen molar-refractivity contribution >= 4 is 35.1 Å². The third-order valence-corrected chi connectivity index (χ3v) is 4.89. The minimum absolute atomic E-state index is 0.158. The lowest BCUT2D eigenvalue weighted by molar-refractivity contribution is -0.119. The van der Waals surface area contributed by atoms with Crippen molar-refractivity contribution < 1.29 is 23.9 Å².